The van der Waals surface area contributed by atoms with Crippen molar-refractivity contribution >= 4 is 17.5 Å². The summed E-state index contributed by atoms with van der Waals surface area (Å²) in [5.41, 5.74) is 5.65. The maximum absolute atomic E-state index is 13.1. The molecule has 0 saturated heterocycles. The molecular weight excluding hydrogens is 386 g/mol. The number of rotatable bonds is 5. The Hall–Kier alpha value is -3.99. The molecule has 0 saturated carbocycles. The Kier molecular flexibility index (Phi) is 5.76. The fraction of sp³-hybridized carbons (Fsp3) is 0.115. The molecule has 0 aliphatic heterocycles. The van der Waals surface area contributed by atoms with Crippen LogP contribution in [0.1, 0.15) is 43.2 Å². The molecule has 31 heavy (non-hydrogen) atoms. The second-order valence-corrected chi connectivity index (χ2v) is 7.43. The van der Waals surface area contributed by atoms with Gasteiger partial charge in [-0.25, -0.2) is 4.68 Å². The van der Waals surface area contributed by atoms with E-state index in [1.807, 2.05) is 50.2 Å². The first-order valence-electron chi connectivity index (χ1n) is 10.1. The summed E-state index contributed by atoms with van der Waals surface area (Å²) < 4.78 is 1.46. The van der Waals surface area contributed by atoms with Crippen molar-refractivity contribution in [2.45, 2.75) is 20.3 Å². The molecule has 4 aromatic rings. The standard InChI is InChI=1S/C26H23N3O2/c1-18-24(17-20-9-5-3-6-10-20)19(2)29(28-18)26(31)22-13-15-23(16-14-22)27-25(30)21-11-7-4-8-12-21/h3-16H,17H2,1-2H3,(H,27,30). The zero-order valence-corrected chi connectivity index (χ0v) is 17.5. The minimum atomic E-state index is -0.194. The number of aromatic nitrogens is 2. The molecule has 3 aromatic carbocycles. The molecule has 4 rings (SSSR count). The third kappa shape index (κ3) is 4.46. The van der Waals surface area contributed by atoms with Crippen molar-refractivity contribution in [3.05, 3.63) is 119 Å². The SMILES string of the molecule is Cc1nn(C(=O)c2ccc(NC(=O)c3ccccc3)cc2)c(C)c1Cc1ccccc1. The van der Waals surface area contributed by atoms with E-state index in [9.17, 15) is 9.59 Å². The number of aryl methyl sites for hydroxylation is 1. The normalized spacial score (nSPS) is 10.6. The van der Waals surface area contributed by atoms with E-state index in [4.69, 9.17) is 0 Å². The van der Waals surface area contributed by atoms with E-state index in [2.05, 4.69) is 22.5 Å². The van der Waals surface area contributed by atoms with E-state index in [-0.39, 0.29) is 11.8 Å². The van der Waals surface area contributed by atoms with Gasteiger partial charge in [0.2, 0.25) is 0 Å². The lowest BCUT2D eigenvalue weighted by Gasteiger charge is -2.08. The van der Waals surface area contributed by atoms with Crippen LogP contribution in [-0.4, -0.2) is 21.6 Å². The maximum atomic E-state index is 13.1. The summed E-state index contributed by atoms with van der Waals surface area (Å²) >= 11 is 0. The molecule has 0 unspecified atom stereocenters. The lowest BCUT2D eigenvalue weighted by atomic mass is 10.0. The molecule has 0 spiro atoms. The van der Waals surface area contributed by atoms with Gasteiger partial charge in [0, 0.05) is 34.5 Å². The molecule has 0 fully saturated rings. The first-order chi connectivity index (χ1) is 15.0. The third-order valence-electron chi connectivity index (χ3n) is 5.28. The Morgan fingerprint density at radius 2 is 1.42 bits per heavy atom. The number of nitrogens with one attached hydrogen (secondary N) is 1. The van der Waals surface area contributed by atoms with Crippen molar-refractivity contribution in [3.8, 4) is 0 Å². The van der Waals surface area contributed by atoms with Crippen LogP contribution in [0.25, 0.3) is 0 Å². The van der Waals surface area contributed by atoms with Gasteiger partial charge in [-0.05, 0) is 55.8 Å². The van der Waals surface area contributed by atoms with Crippen LogP contribution >= 0.6 is 0 Å². The Morgan fingerprint density at radius 1 is 0.806 bits per heavy atom. The summed E-state index contributed by atoms with van der Waals surface area (Å²) in [5.74, 6) is -0.385. The smallest absolute Gasteiger partial charge is 0.278 e. The molecular formula is C26H23N3O2. The molecule has 5 nitrogen and oxygen atoms in total. The Labute approximate surface area is 181 Å². The second kappa shape index (κ2) is 8.79. The molecule has 154 valence electrons. The van der Waals surface area contributed by atoms with Crippen LogP contribution in [0.3, 0.4) is 0 Å². The van der Waals surface area contributed by atoms with E-state index in [1.165, 1.54) is 10.2 Å². The summed E-state index contributed by atoms with van der Waals surface area (Å²) in [6.45, 7) is 3.85. The highest BCUT2D eigenvalue weighted by atomic mass is 16.2. The molecule has 0 bridgehead atoms. The van der Waals surface area contributed by atoms with E-state index in [0.29, 0.717) is 16.8 Å². The van der Waals surface area contributed by atoms with Crippen LogP contribution in [-0.2, 0) is 6.42 Å². The van der Waals surface area contributed by atoms with E-state index in [0.717, 1.165) is 23.4 Å². The molecule has 1 aromatic heterocycles. The minimum Gasteiger partial charge on any atom is -0.322 e. The van der Waals surface area contributed by atoms with E-state index >= 15 is 0 Å². The summed E-state index contributed by atoms with van der Waals surface area (Å²) in [4.78, 5) is 25.4. The van der Waals surface area contributed by atoms with E-state index in [1.54, 1.807) is 36.4 Å². The number of carbonyl (C=O) groups is 2. The number of anilines is 1. The van der Waals surface area contributed by atoms with Crippen molar-refractivity contribution in [2.24, 2.45) is 0 Å². The summed E-state index contributed by atoms with van der Waals surface area (Å²) in [5, 5.41) is 7.33. The predicted molar refractivity (Wildman–Crippen MR) is 122 cm³/mol. The maximum Gasteiger partial charge on any atom is 0.278 e. The van der Waals surface area contributed by atoms with Crippen molar-refractivity contribution in [2.75, 3.05) is 5.32 Å². The van der Waals surface area contributed by atoms with Gasteiger partial charge in [0.1, 0.15) is 0 Å². The number of nitrogens with zero attached hydrogens (tertiary/aromatic N) is 2. The predicted octanol–water partition coefficient (Wildman–Crippen LogP) is 5.03. The van der Waals surface area contributed by atoms with Crippen molar-refractivity contribution in [3.63, 3.8) is 0 Å². The van der Waals surface area contributed by atoms with E-state index < -0.39 is 0 Å². The highest BCUT2D eigenvalue weighted by Crippen LogP contribution is 2.20. The molecule has 0 aliphatic rings. The Morgan fingerprint density at radius 3 is 2.06 bits per heavy atom. The minimum absolute atomic E-state index is 0.191. The van der Waals surface area contributed by atoms with Crippen LogP contribution in [0.2, 0.25) is 0 Å². The fourth-order valence-corrected chi connectivity index (χ4v) is 3.54. The molecule has 1 heterocycles. The van der Waals surface area contributed by atoms with Gasteiger partial charge in [0.05, 0.1) is 5.69 Å². The lowest BCUT2D eigenvalue weighted by molar-refractivity contribution is 0.0941. The van der Waals surface area contributed by atoms with Crippen LogP contribution in [0.5, 0.6) is 0 Å². The van der Waals surface area contributed by atoms with Gasteiger partial charge in [0.25, 0.3) is 11.8 Å². The summed E-state index contributed by atoms with van der Waals surface area (Å²) in [6.07, 6.45) is 0.732. The number of amides is 1. The molecule has 5 heteroatoms. The lowest BCUT2D eigenvalue weighted by Crippen LogP contribution is -2.16. The Bertz CT molecular complexity index is 1210. The van der Waals surface area contributed by atoms with Gasteiger partial charge < -0.3 is 5.32 Å². The van der Waals surface area contributed by atoms with Crippen LogP contribution < -0.4 is 5.32 Å². The molecule has 0 radical (unpaired) electrons. The van der Waals surface area contributed by atoms with Crippen molar-refractivity contribution in [1.29, 1.82) is 0 Å². The second-order valence-electron chi connectivity index (χ2n) is 7.43. The zero-order chi connectivity index (χ0) is 21.8. The zero-order valence-electron chi connectivity index (χ0n) is 17.5. The largest absolute Gasteiger partial charge is 0.322 e. The van der Waals surface area contributed by atoms with Gasteiger partial charge in [-0.2, -0.15) is 5.10 Å². The van der Waals surface area contributed by atoms with Gasteiger partial charge in [-0.15, -0.1) is 0 Å². The highest BCUT2D eigenvalue weighted by Gasteiger charge is 2.18. The third-order valence-corrected chi connectivity index (χ3v) is 5.28. The van der Waals surface area contributed by atoms with Gasteiger partial charge in [0.15, 0.2) is 0 Å². The van der Waals surface area contributed by atoms with Gasteiger partial charge in [-0.3, -0.25) is 9.59 Å². The average molecular weight is 409 g/mol. The first kappa shape index (κ1) is 20.3. The van der Waals surface area contributed by atoms with Gasteiger partial charge >= 0.3 is 0 Å². The quantitative estimate of drug-likeness (QED) is 0.503. The molecule has 1 N–H and O–H groups in total. The van der Waals surface area contributed by atoms with Crippen molar-refractivity contribution < 1.29 is 9.59 Å². The number of benzene rings is 3. The summed E-state index contributed by atoms with van der Waals surface area (Å²) in [7, 11) is 0. The average Bonchev–Trinajstić information content (AvgIpc) is 3.08. The fourth-order valence-electron chi connectivity index (χ4n) is 3.54. The monoisotopic (exact) mass is 409 g/mol. The number of hydrogen-bond donors (Lipinski definition) is 1. The topological polar surface area (TPSA) is 64.0 Å². The van der Waals surface area contributed by atoms with Crippen molar-refractivity contribution in [1.82, 2.24) is 9.78 Å². The molecule has 1 amide bonds. The van der Waals surface area contributed by atoms with Crippen LogP contribution in [0.15, 0.2) is 84.9 Å². The van der Waals surface area contributed by atoms with Crippen LogP contribution in [0, 0.1) is 13.8 Å². The highest BCUT2D eigenvalue weighted by molar-refractivity contribution is 6.04. The Balaban J connectivity index is 1.51. The summed E-state index contributed by atoms with van der Waals surface area (Å²) in [6, 6.07) is 26.0. The number of hydrogen-bond acceptors (Lipinski definition) is 3. The van der Waals surface area contributed by atoms with Gasteiger partial charge in [-0.1, -0.05) is 48.5 Å². The molecule has 0 aliphatic carbocycles. The molecule has 0 atom stereocenters. The van der Waals surface area contributed by atoms with Crippen LogP contribution in [0.4, 0.5) is 5.69 Å². The first-order valence-corrected chi connectivity index (χ1v) is 10.1. The number of carbonyl (C=O) groups excluding carboxylic acids is 2.